The fourth-order valence-electron chi connectivity index (χ4n) is 11.1. The summed E-state index contributed by atoms with van der Waals surface area (Å²) in [5, 5.41) is 299. The molecule has 1 aliphatic rings. The van der Waals surface area contributed by atoms with Gasteiger partial charge in [-0.05, 0) is 84.9 Å². The number of phenols is 21. The number of hydrogen-bond acceptors (Lipinski definition) is 33. The standard InChI is InChI=1S/C56H40O34/c57-22-1-15(2-23(58)36(22)71)43(78)51(44(79)16-3-24(59)37(72)25(60)4-16)53(87,47(82)19-9-30(65)40(75)31(66)10-19)55(89,49(84)21-13-34(69)42(77)35(70)14-21)54(88,48(83)20-11-32(67)41(76)33(68)12-20)52(56(51,90)50(85)86,45(80)17-5-26(61)38(73)27(62)6-17)46(81)18-7-28(63)39(74)29(64)8-18/h1-14,57-77,87-90H,(H,85,86)/t53-,54-,55?,56?/m1/s1. The number of hydrogen-bond donors (Lipinski definition) is 26. The summed E-state index contributed by atoms with van der Waals surface area (Å²) in [5.74, 6) is -66.5. The zero-order valence-electron chi connectivity index (χ0n) is 44.0. The first kappa shape index (κ1) is 63.4. The normalized spacial score (nSPS) is 19.9. The highest BCUT2D eigenvalue weighted by atomic mass is 16.4. The average Bonchev–Trinajstić information content (AvgIpc) is 0.617. The molecule has 0 unspecified atom stereocenters. The SMILES string of the molecule is O=C(O)C1(O)C(C(=O)c2cc(O)c(O)c(O)c2)(C(=O)c2cc(O)c(O)c(O)c2)[C@](O)(C(=O)c2cc(O)c(O)c(O)c2)C(O)(C(=O)c2cc(O)c(O)c(O)c2)[C@@](O)(C(=O)c2cc(O)c(O)c(O)c2)C1(C(=O)c1cc(O)c(O)c(O)c1)C(=O)c1cc(O)c(O)c(O)c1. The molecule has 0 radical (unpaired) electrons. The Kier molecular flexibility index (Phi) is 14.4. The van der Waals surface area contributed by atoms with Gasteiger partial charge >= 0.3 is 5.97 Å². The Morgan fingerprint density at radius 1 is 0.200 bits per heavy atom. The number of phenolic OH excluding ortho intramolecular Hbond substituents is 21. The number of benzene rings is 7. The van der Waals surface area contributed by atoms with Gasteiger partial charge in [-0.2, -0.15) is 0 Å². The minimum absolute atomic E-state index is 0.269. The number of aromatic hydroxyl groups is 21. The molecular weight excluding hydrogens is 1220 g/mol. The lowest BCUT2D eigenvalue weighted by molar-refractivity contribution is -0.309. The zero-order chi connectivity index (χ0) is 67.7. The quantitative estimate of drug-likeness (QED) is 0.0364. The first-order valence-corrected chi connectivity index (χ1v) is 24.3. The average molecular weight is 1260 g/mol. The number of carbonyl (C=O) groups is 8. The van der Waals surface area contributed by atoms with Crippen LogP contribution in [0.25, 0.3) is 0 Å². The Balaban J connectivity index is 1.93. The van der Waals surface area contributed by atoms with Crippen LogP contribution in [0.2, 0.25) is 0 Å². The van der Waals surface area contributed by atoms with E-state index in [2.05, 4.69) is 0 Å². The first-order chi connectivity index (χ1) is 41.6. The summed E-state index contributed by atoms with van der Waals surface area (Å²) >= 11 is 0. The first-order valence-electron chi connectivity index (χ1n) is 24.3. The molecule has 26 N–H and O–H groups in total. The summed E-state index contributed by atoms with van der Waals surface area (Å²) in [6, 6.07) is -3.91. The number of carboxylic acid groups (broad SMARTS) is 1. The molecule has 0 amide bonds. The minimum atomic E-state index is -6.65. The lowest BCUT2D eigenvalue weighted by Gasteiger charge is -2.69. The molecule has 34 nitrogen and oxygen atoms in total. The van der Waals surface area contributed by atoms with E-state index >= 15 is 38.4 Å². The molecule has 2 atom stereocenters. The highest BCUT2D eigenvalue weighted by Crippen LogP contribution is 2.72. The minimum Gasteiger partial charge on any atom is -0.504 e. The molecule has 7 aromatic carbocycles. The third-order valence-corrected chi connectivity index (χ3v) is 15.2. The van der Waals surface area contributed by atoms with Crippen LogP contribution < -0.4 is 0 Å². The number of aliphatic hydroxyl groups is 4. The third kappa shape index (κ3) is 7.92. The van der Waals surface area contributed by atoms with Crippen molar-refractivity contribution < 1.29 is 171 Å². The molecule has 90 heavy (non-hydrogen) atoms. The van der Waals surface area contributed by atoms with Crippen molar-refractivity contribution in [1.82, 2.24) is 0 Å². The van der Waals surface area contributed by atoms with E-state index in [1.807, 2.05) is 0 Å². The zero-order valence-corrected chi connectivity index (χ0v) is 44.0. The lowest BCUT2D eigenvalue weighted by Crippen LogP contribution is -2.99. The molecule has 1 saturated carbocycles. The number of ketones is 7. The van der Waals surface area contributed by atoms with Crippen molar-refractivity contribution in [2.24, 2.45) is 10.8 Å². The number of Topliss-reactive ketones (excluding diaryl/α,β-unsaturated/α-hetero) is 7. The molecule has 1 fully saturated rings. The molecule has 7 aromatic rings. The van der Waals surface area contributed by atoms with Gasteiger partial charge in [0.1, 0.15) is 0 Å². The monoisotopic (exact) mass is 1260 g/mol. The fraction of sp³-hybridized carbons (Fsp3) is 0.107. The van der Waals surface area contributed by atoms with Crippen LogP contribution in [-0.2, 0) is 4.79 Å². The maximum Gasteiger partial charge on any atom is 0.339 e. The van der Waals surface area contributed by atoms with Gasteiger partial charge in [-0.3, -0.25) is 33.6 Å². The molecule has 8 rings (SSSR count). The molecular formula is C56H40O34. The van der Waals surface area contributed by atoms with Crippen molar-refractivity contribution >= 4 is 46.5 Å². The highest BCUT2D eigenvalue weighted by Gasteiger charge is 3.01. The van der Waals surface area contributed by atoms with E-state index in [1.165, 1.54) is 0 Å². The van der Waals surface area contributed by atoms with Crippen molar-refractivity contribution in [2.75, 3.05) is 0 Å². The summed E-state index contributed by atoms with van der Waals surface area (Å²) in [6.45, 7) is 0. The van der Waals surface area contributed by atoms with Crippen LogP contribution in [0.15, 0.2) is 84.9 Å². The van der Waals surface area contributed by atoms with Crippen LogP contribution in [-0.4, -0.2) is 202 Å². The summed E-state index contributed by atoms with van der Waals surface area (Å²) in [5.41, 5.74) is -53.9. The maximum absolute atomic E-state index is 16.9. The van der Waals surface area contributed by atoms with Crippen molar-refractivity contribution in [1.29, 1.82) is 0 Å². The van der Waals surface area contributed by atoms with Gasteiger partial charge in [-0.25, -0.2) is 4.79 Å². The third-order valence-electron chi connectivity index (χ3n) is 15.2. The van der Waals surface area contributed by atoms with Crippen LogP contribution in [0.4, 0.5) is 0 Å². The molecule has 0 bridgehead atoms. The Morgan fingerprint density at radius 2 is 0.322 bits per heavy atom. The molecule has 0 saturated heterocycles. The molecule has 0 aromatic heterocycles. The van der Waals surface area contributed by atoms with Gasteiger partial charge in [-0.1, -0.05) is 0 Å². The van der Waals surface area contributed by atoms with Gasteiger partial charge < -0.3 is 133 Å². The molecule has 1 aliphatic carbocycles. The van der Waals surface area contributed by atoms with Crippen molar-refractivity contribution in [3.63, 3.8) is 0 Å². The number of rotatable bonds is 15. The second kappa shape index (κ2) is 20.5. The molecule has 468 valence electrons. The van der Waals surface area contributed by atoms with Crippen molar-refractivity contribution in [2.45, 2.75) is 22.4 Å². The molecule has 0 aliphatic heterocycles. The van der Waals surface area contributed by atoms with Gasteiger partial charge in [-0.15, -0.1) is 0 Å². The Bertz CT molecular complexity index is 3900. The van der Waals surface area contributed by atoms with E-state index in [1.54, 1.807) is 0 Å². The van der Waals surface area contributed by atoms with Gasteiger partial charge in [0.2, 0.25) is 17.0 Å². The van der Waals surface area contributed by atoms with Gasteiger partial charge in [0.25, 0.3) is 0 Å². The topological polar surface area (TPSA) is 663 Å². The number of aliphatic carboxylic acids is 1. The summed E-state index contributed by atoms with van der Waals surface area (Å²) < 4.78 is 0. The van der Waals surface area contributed by atoms with Gasteiger partial charge in [0.05, 0.1) is 0 Å². The van der Waals surface area contributed by atoms with E-state index in [4.69, 9.17) is 0 Å². The maximum atomic E-state index is 16.9. The number of carboxylic acids is 1. The Labute approximate surface area is 494 Å². The molecule has 0 heterocycles. The lowest BCUT2D eigenvalue weighted by atomic mass is 9.30. The fourth-order valence-corrected chi connectivity index (χ4v) is 11.1. The van der Waals surface area contributed by atoms with Crippen LogP contribution in [0.3, 0.4) is 0 Å². The largest absolute Gasteiger partial charge is 0.504 e. The molecule has 34 heteroatoms. The van der Waals surface area contributed by atoms with Crippen molar-refractivity contribution in [3.05, 3.63) is 124 Å². The van der Waals surface area contributed by atoms with E-state index in [0.29, 0.717) is 0 Å². The van der Waals surface area contributed by atoms with Crippen LogP contribution in [0.1, 0.15) is 72.5 Å². The van der Waals surface area contributed by atoms with Crippen molar-refractivity contribution in [3.8, 4) is 121 Å². The van der Waals surface area contributed by atoms with Crippen LogP contribution in [0.5, 0.6) is 121 Å². The predicted molar refractivity (Wildman–Crippen MR) is 283 cm³/mol. The second-order valence-electron chi connectivity index (χ2n) is 20.0. The Morgan fingerprint density at radius 3 is 0.456 bits per heavy atom. The molecule has 0 spiro atoms. The number of carbonyl (C=O) groups excluding carboxylic acids is 7. The smallest absolute Gasteiger partial charge is 0.339 e. The predicted octanol–water partition coefficient (Wildman–Crippen LogP) is -0.0203. The second-order valence-corrected chi connectivity index (χ2v) is 20.0. The Hall–Kier alpha value is -12.7. The van der Waals surface area contributed by atoms with Crippen LogP contribution >= 0.6 is 0 Å². The van der Waals surface area contributed by atoms with E-state index in [0.717, 1.165) is 0 Å². The highest BCUT2D eigenvalue weighted by molar-refractivity contribution is 6.38. The van der Waals surface area contributed by atoms with Crippen LogP contribution in [0, 0.1) is 10.8 Å². The van der Waals surface area contributed by atoms with E-state index in [-0.39, 0.29) is 84.9 Å². The van der Waals surface area contributed by atoms with Gasteiger partial charge in [0.15, 0.2) is 177 Å². The van der Waals surface area contributed by atoms with E-state index < -0.39 is 239 Å². The summed E-state index contributed by atoms with van der Waals surface area (Å²) in [6.07, 6.45) is 0. The summed E-state index contributed by atoms with van der Waals surface area (Å²) in [7, 11) is 0. The van der Waals surface area contributed by atoms with Gasteiger partial charge in [0, 0.05) is 38.9 Å². The van der Waals surface area contributed by atoms with E-state index in [9.17, 15) is 133 Å². The summed E-state index contributed by atoms with van der Waals surface area (Å²) in [4.78, 5) is 133.